The van der Waals surface area contributed by atoms with Crippen molar-refractivity contribution in [1.82, 2.24) is 9.97 Å². The zero-order valence-electron chi connectivity index (χ0n) is 15.8. The molecule has 0 radical (unpaired) electrons. The van der Waals surface area contributed by atoms with Crippen molar-refractivity contribution in [2.75, 3.05) is 19.5 Å². The summed E-state index contributed by atoms with van der Waals surface area (Å²) in [6.07, 6.45) is 2.74. The van der Waals surface area contributed by atoms with Crippen molar-refractivity contribution in [2.45, 2.75) is 12.8 Å². The Morgan fingerprint density at radius 3 is 2.64 bits per heavy atom. The number of carbonyl (C=O) groups excluding carboxylic acids is 1. The van der Waals surface area contributed by atoms with Gasteiger partial charge in [-0.25, -0.2) is 0 Å². The van der Waals surface area contributed by atoms with Gasteiger partial charge in [-0.3, -0.25) is 9.78 Å². The zero-order chi connectivity index (χ0) is 19.5. The molecule has 142 valence electrons. The summed E-state index contributed by atoms with van der Waals surface area (Å²) in [6.45, 7) is 0. The zero-order valence-corrected chi connectivity index (χ0v) is 15.8. The van der Waals surface area contributed by atoms with E-state index in [2.05, 4.69) is 27.4 Å². The van der Waals surface area contributed by atoms with Crippen LogP contribution in [0.3, 0.4) is 0 Å². The van der Waals surface area contributed by atoms with E-state index in [1.165, 1.54) is 0 Å². The lowest BCUT2D eigenvalue weighted by Crippen LogP contribution is -2.12. The van der Waals surface area contributed by atoms with Crippen molar-refractivity contribution < 1.29 is 14.3 Å². The smallest absolute Gasteiger partial charge is 0.224 e. The second-order valence-corrected chi connectivity index (χ2v) is 6.51. The van der Waals surface area contributed by atoms with Gasteiger partial charge in [0.15, 0.2) is 11.5 Å². The monoisotopic (exact) mass is 375 g/mol. The van der Waals surface area contributed by atoms with Crippen molar-refractivity contribution >= 4 is 33.4 Å². The number of nitrogens with one attached hydrogen (secondary N) is 2. The van der Waals surface area contributed by atoms with Crippen LogP contribution in [0.2, 0.25) is 0 Å². The van der Waals surface area contributed by atoms with E-state index < -0.39 is 0 Å². The number of aryl methyl sites for hydroxylation is 1. The lowest BCUT2D eigenvalue weighted by atomic mass is 10.1. The number of nitrogens with zero attached hydrogens (tertiary/aromatic N) is 1. The Morgan fingerprint density at radius 1 is 1.00 bits per heavy atom. The number of fused-ring (bicyclic) bond motifs is 3. The predicted octanol–water partition coefficient (Wildman–Crippen LogP) is 4.30. The molecule has 0 aliphatic rings. The second-order valence-electron chi connectivity index (χ2n) is 6.51. The van der Waals surface area contributed by atoms with E-state index in [0.29, 0.717) is 30.0 Å². The molecular formula is C22H21N3O3. The number of hydrogen-bond donors (Lipinski definition) is 2. The molecule has 0 saturated heterocycles. The van der Waals surface area contributed by atoms with E-state index >= 15 is 0 Å². The summed E-state index contributed by atoms with van der Waals surface area (Å²) in [5.74, 6) is 1.12. The Bertz CT molecular complexity index is 1150. The lowest BCUT2D eigenvalue weighted by Gasteiger charge is -2.10. The van der Waals surface area contributed by atoms with Crippen LogP contribution >= 0.6 is 0 Å². The van der Waals surface area contributed by atoms with Gasteiger partial charge in [0.05, 0.1) is 25.9 Å². The van der Waals surface area contributed by atoms with E-state index in [1.54, 1.807) is 32.4 Å². The number of anilines is 1. The largest absolute Gasteiger partial charge is 0.493 e. The number of para-hydroxylation sites is 1. The molecule has 0 spiro atoms. The number of pyridine rings is 1. The number of amides is 1. The topological polar surface area (TPSA) is 76.2 Å². The van der Waals surface area contributed by atoms with Crippen LogP contribution in [-0.4, -0.2) is 30.1 Å². The third kappa shape index (κ3) is 3.49. The number of H-pyrrole nitrogens is 1. The molecule has 2 aromatic carbocycles. The van der Waals surface area contributed by atoms with E-state index in [0.717, 1.165) is 27.5 Å². The number of carbonyl (C=O) groups is 1. The van der Waals surface area contributed by atoms with Gasteiger partial charge in [0, 0.05) is 40.2 Å². The van der Waals surface area contributed by atoms with E-state index in [-0.39, 0.29) is 5.91 Å². The summed E-state index contributed by atoms with van der Waals surface area (Å²) >= 11 is 0. The highest BCUT2D eigenvalue weighted by molar-refractivity contribution is 6.07. The average Bonchev–Trinajstić information content (AvgIpc) is 3.10. The summed E-state index contributed by atoms with van der Waals surface area (Å²) in [4.78, 5) is 20.2. The third-order valence-corrected chi connectivity index (χ3v) is 4.72. The van der Waals surface area contributed by atoms with Crippen molar-refractivity contribution in [3.05, 3.63) is 60.4 Å². The Balaban J connectivity index is 1.45. The normalized spacial score (nSPS) is 10.9. The molecule has 2 heterocycles. The molecule has 28 heavy (non-hydrogen) atoms. The fourth-order valence-corrected chi connectivity index (χ4v) is 3.31. The quantitative estimate of drug-likeness (QED) is 0.527. The minimum absolute atomic E-state index is 0.0759. The highest BCUT2D eigenvalue weighted by Gasteiger charge is 2.10. The van der Waals surface area contributed by atoms with Crippen LogP contribution in [0.4, 0.5) is 5.69 Å². The number of aromatic nitrogens is 2. The summed E-state index contributed by atoms with van der Waals surface area (Å²) in [7, 11) is 3.14. The Morgan fingerprint density at radius 2 is 1.82 bits per heavy atom. The van der Waals surface area contributed by atoms with Crippen molar-refractivity contribution in [2.24, 2.45) is 0 Å². The Labute approximate surface area is 162 Å². The van der Waals surface area contributed by atoms with Crippen LogP contribution < -0.4 is 14.8 Å². The summed E-state index contributed by atoms with van der Waals surface area (Å²) in [6, 6.07) is 15.5. The molecule has 0 saturated carbocycles. The van der Waals surface area contributed by atoms with Gasteiger partial charge in [-0.15, -0.1) is 0 Å². The number of benzene rings is 2. The third-order valence-electron chi connectivity index (χ3n) is 4.72. The maximum Gasteiger partial charge on any atom is 0.224 e. The lowest BCUT2D eigenvalue weighted by molar-refractivity contribution is -0.116. The van der Waals surface area contributed by atoms with Crippen LogP contribution in [0.25, 0.3) is 21.8 Å². The Hall–Kier alpha value is -3.54. The first-order valence-electron chi connectivity index (χ1n) is 9.05. The molecule has 1 amide bonds. The highest BCUT2D eigenvalue weighted by atomic mass is 16.5. The molecule has 6 heteroatoms. The average molecular weight is 375 g/mol. The van der Waals surface area contributed by atoms with Crippen molar-refractivity contribution in [1.29, 1.82) is 0 Å². The molecule has 6 nitrogen and oxygen atoms in total. The number of methoxy groups -OCH3 is 2. The first kappa shape index (κ1) is 17.9. The SMILES string of the molecule is COc1ccc(NC(=O)CCc2cc3c(cn2)[nH]c2ccccc23)cc1OC. The Kier molecular flexibility index (Phi) is 4.85. The van der Waals surface area contributed by atoms with Crippen molar-refractivity contribution in [3.63, 3.8) is 0 Å². The summed E-state index contributed by atoms with van der Waals surface area (Å²) in [5, 5.41) is 5.18. The van der Waals surface area contributed by atoms with E-state index in [1.807, 2.05) is 24.4 Å². The summed E-state index contributed by atoms with van der Waals surface area (Å²) in [5.41, 5.74) is 3.64. The van der Waals surface area contributed by atoms with E-state index in [9.17, 15) is 4.79 Å². The van der Waals surface area contributed by atoms with Crippen LogP contribution in [-0.2, 0) is 11.2 Å². The fraction of sp³-hybridized carbons (Fsp3) is 0.182. The molecule has 0 fully saturated rings. The first-order valence-corrected chi connectivity index (χ1v) is 9.05. The van der Waals surface area contributed by atoms with E-state index in [4.69, 9.17) is 9.47 Å². The standard InChI is InChI=1S/C22H21N3O3/c1-27-20-9-7-15(12-21(20)28-2)24-22(26)10-8-14-11-17-16-5-3-4-6-18(16)25-19(17)13-23-14/h3-7,9,11-13,25H,8,10H2,1-2H3,(H,24,26). The first-order chi connectivity index (χ1) is 13.7. The van der Waals surface area contributed by atoms with Gasteiger partial charge in [0.2, 0.25) is 5.91 Å². The number of aromatic amines is 1. The minimum Gasteiger partial charge on any atom is -0.493 e. The molecule has 0 unspecified atom stereocenters. The minimum atomic E-state index is -0.0759. The van der Waals surface area contributed by atoms with Crippen molar-refractivity contribution in [3.8, 4) is 11.5 Å². The van der Waals surface area contributed by atoms with Gasteiger partial charge < -0.3 is 19.8 Å². The van der Waals surface area contributed by atoms with Gasteiger partial charge in [-0.1, -0.05) is 18.2 Å². The second kappa shape index (κ2) is 7.60. The molecular weight excluding hydrogens is 354 g/mol. The fourth-order valence-electron chi connectivity index (χ4n) is 3.31. The van der Waals surface area contributed by atoms with Gasteiger partial charge in [0.25, 0.3) is 0 Å². The van der Waals surface area contributed by atoms with Crippen LogP contribution in [0.5, 0.6) is 11.5 Å². The number of rotatable bonds is 6. The number of hydrogen-bond acceptors (Lipinski definition) is 4. The summed E-state index contributed by atoms with van der Waals surface area (Å²) < 4.78 is 10.5. The molecule has 2 N–H and O–H groups in total. The van der Waals surface area contributed by atoms with Gasteiger partial charge in [-0.2, -0.15) is 0 Å². The molecule has 0 aliphatic carbocycles. The molecule has 0 aliphatic heterocycles. The highest BCUT2D eigenvalue weighted by Crippen LogP contribution is 2.30. The molecule has 0 bridgehead atoms. The van der Waals surface area contributed by atoms with Crippen LogP contribution in [0.1, 0.15) is 12.1 Å². The predicted molar refractivity (Wildman–Crippen MR) is 110 cm³/mol. The molecule has 0 atom stereocenters. The van der Waals surface area contributed by atoms with Gasteiger partial charge in [0.1, 0.15) is 0 Å². The maximum absolute atomic E-state index is 12.3. The molecule has 4 rings (SSSR count). The number of ether oxygens (including phenoxy) is 2. The van der Waals surface area contributed by atoms with Gasteiger partial charge in [-0.05, 0) is 30.7 Å². The molecule has 2 aromatic heterocycles. The van der Waals surface area contributed by atoms with Gasteiger partial charge >= 0.3 is 0 Å². The van der Waals surface area contributed by atoms with Crippen LogP contribution in [0, 0.1) is 0 Å². The van der Waals surface area contributed by atoms with Crippen LogP contribution in [0.15, 0.2) is 54.7 Å². The molecule has 4 aromatic rings. The maximum atomic E-state index is 12.3.